The molecule has 0 atom stereocenters. The quantitative estimate of drug-likeness (QED) is 0.459. The van der Waals surface area contributed by atoms with E-state index in [1.807, 2.05) is 12.1 Å². The number of rotatable bonds is 3. The molecule has 2 aromatic carbocycles. The molecule has 0 aliphatic heterocycles. The third kappa shape index (κ3) is 2.55. The number of hydrogen-bond donors (Lipinski definition) is 0. The lowest BCUT2D eigenvalue weighted by molar-refractivity contribution is 0.601. The maximum atomic E-state index is 14.2. The molecule has 0 fully saturated rings. The van der Waals surface area contributed by atoms with Crippen molar-refractivity contribution in [3.05, 3.63) is 72.4 Å². The summed E-state index contributed by atoms with van der Waals surface area (Å²) in [4.78, 5) is 0. The zero-order chi connectivity index (χ0) is 19.3. The first-order chi connectivity index (χ1) is 13.6. The predicted molar refractivity (Wildman–Crippen MR) is 103 cm³/mol. The summed E-state index contributed by atoms with van der Waals surface area (Å²) in [5, 5.41) is 13.7. The van der Waals surface area contributed by atoms with Crippen LogP contribution in [0.2, 0.25) is 0 Å². The molecule has 0 unspecified atom stereocenters. The zero-order valence-corrected chi connectivity index (χ0v) is 15.0. The van der Waals surface area contributed by atoms with Crippen LogP contribution in [0.3, 0.4) is 0 Å². The van der Waals surface area contributed by atoms with Crippen LogP contribution >= 0.6 is 0 Å². The van der Waals surface area contributed by atoms with E-state index in [2.05, 4.69) is 51.2 Å². The molecular weight excluding hydrogens is 360 g/mol. The molecule has 3 heterocycles. The lowest BCUT2D eigenvalue weighted by atomic mass is 10.1. The highest BCUT2D eigenvalue weighted by Crippen LogP contribution is 2.26. The summed E-state index contributed by atoms with van der Waals surface area (Å²) in [7, 11) is 0. The molecule has 0 amide bonds. The van der Waals surface area contributed by atoms with Gasteiger partial charge < -0.3 is 4.57 Å². The molecule has 3 aromatic heterocycles. The Morgan fingerprint density at radius 3 is 2.68 bits per heavy atom. The number of nitrogens with zero attached hydrogens (tertiary/aromatic N) is 5. The van der Waals surface area contributed by atoms with Gasteiger partial charge in [-0.15, -0.1) is 10.2 Å². The minimum absolute atomic E-state index is 0.0209. The molecule has 28 heavy (non-hydrogen) atoms. The number of hydrogen-bond acceptors (Lipinski definition) is 3. The molecule has 138 valence electrons. The Balaban J connectivity index is 1.66. The molecule has 0 radical (unpaired) electrons. The molecule has 7 heteroatoms. The molecule has 0 saturated carbocycles. The van der Waals surface area contributed by atoms with Gasteiger partial charge in [0.05, 0.1) is 11.3 Å². The first-order valence-electron chi connectivity index (χ1n) is 8.91. The van der Waals surface area contributed by atoms with Crippen LogP contribution in [0.5, 0.6) is 0 Å². The summed E-state index contributed by atoms with van der Waals surface area (Å²) in [6.07, 6.45) is 2.05. The van der Waals surface area contributed by atoms with Crippen LogP contribution in [0.25, 0.3) is 39.2 Å². The SMILES string of the molecule is CCn1ccc2cc(-c3ccc4nnc(-c5cc(F)ccc5F)n4n3)ccc21. The van der Waals surface area contributed by atoms with Gasteiger partial charge in [0.15, 0.2) is 11.5 Å². The van der Waals surface area contributed by atoms with Crippen LogP contribution in [0, 0.1) is 11.6 Å². The smallest absolute Gasteiger partial charge is 0.188 e. The van der Waals surface area contributed by atoms with Gasteiger partial charge in [0.1, 0.15) is 11.6 Å². The van der Waals surface area contributed by atoms with Crippen LogP contribution < -0.4 is 0 Å². The highest BCUT2D eigenvalue weighted by Gasteiger charge is 2.15. The molecule has 5 rings (SSSR count). The van der Waals surface area contributed by atoms with Gasteiger partial charge in [-0.2, -0.15) is 9.61 Å². The van der Waals surface area contributed by atoms with Crippen molar-refractivity contribution in [2.75, 3.05) is 0 Å². The van der Waals surface area contributed by atoms with Crippen LogP contribution in [0.4, 0.5) is 8.78 Å². The fourth-order valence-electron chi connectivity index (χ4n) is 3.41. The highest BCUT2D eigenvalue weighted by atomic mass is 19.1. The number of aromatic nitrogens is 5. The number of aryl methyl sites for hydroxylation is 1. The van der Waals surface area contributed by atoms with Gasteiger partial charge in [0.25, 0.3) is 0 Å². The van der Waals surface area contributed by atoms with E-state index in [9.17, 15) is 8.78 Å². The van der Waals surface area contributed by atoms with E-state index in [1.165, 1.54) is 4.52 Å². The molecule has 0 aliphatic rings. The molecule has 5 aromatic rings. The molecule has 0 aliphatic carbocycles. The van der Waals surface area contributed by atoms with E-state index >= 15 is 0 Å². The molecule has 5 nitrogen and oxygen atoms in total. The summed E-state index contributed by atoms with van der Waals surface area (Å²) >= 11 is 0. The van der Waals surface area contributed by atoms with Gasteiger partial charge in [-0.3, -0.25) is 0 Å². The van der Waals surface area contributed by atoms with E-state index in [0.29, 0.717) is 11.3 Å². The van der Waals surface area contributed by atoms with Crippen LogP contribution in [0.15, 0.2) is 60.8 Å². The Kier molecular flexibility index (Phi) is 3.68. The summed E-state index contributed by atoms with van der Waals surface area (Å²) in [5.41, 5.74) is 3.24. The minimum atomic E-state index is -0.578. The standard InChI is InChI=1S/C21H15F2N5/c1-2-27-10-9-14-11-13(3-7-19(14)27)18-6-8-20-24-25-21(28(20)26-18)16-12-15(22)4-5-17(16)23/h3-12H,2H2,1H3. The van der Waals surface area contributed by atoms with E-state index in [1.54, 1.807) is 6.07 Å². The monoisotopic (exact) mass is 375 g/mol. The lowest BCUT2D eigenvalue weighted by Gasteiger charge is -2.06. The largest absolute Gasteiger partial charge is 0.348 e. The summed E-state index contributed by atoms with van der Waals surface area (Å²) in [6.45, 7) is 3.00. The fraction of sp³-hybridized carbons (Fsp3) is 0.0952. The second-order valence-corrected chi connectivity index (χ2v) is 6.51. The zero-order valence-electron chi connectivity index (χ0n) is 15.0. The van der Waals surface area contributed by atoms with E-state index in [4.69, 9.17) is 0 Å². The maximum Gasteiger partial charge on any atom is 0.188 e. The Bertz CT molecular complexity index is 1340. The van der Waals surface area contributed by atoms with Gasteiger partial charge in [-0.25, -0.2) is 8.78 Å². The van der Waals surface area contributed by atoms with Crippen molar-refractivity contribution in [1.82, 2.24) is 24.4 Å². The highest BCUT2D eigenvalue weighted by molar-refractivity contribution is 5.85. The third-order valence-electron chi connectivity index (χ3n) is 4.84. The summed E-state index contributed by atoms with van der Waals surface area (Å²) in [6, 6.07) is 15.0. The van der Waals surface area contributed by atoms with Crippen molar-refractivity contribution in [2.45, 2.75) is 13.5 Å². The number of fused-ring (bicyclic) bond motifs is 2. The van der Waals surface area contributed by atoms with Crippen LogP contribution in [-0.4, -0.2) is 24.4 Å². The first kappa shape index (κ1) is 16.6. The van der Waals surface area contributed by atoms with Gasteiger partial charge in [0, 0.05) is 29.2 Å². The second kappa shape index (κ2) is 6.23. The predicted octanol–water partition coefficient (Wildman–Crippen LogP) is 4.71. The minimum Gasteiger partial charge on any atom is -0.348 e. The molecule has 0 spiro atoms. The Morgan fingerprint density at radius 2 is 1.82 bits per heavy atom. The normalized spacial score (nSPS) is 11.5. The average molecular weight is 375 g/mol. The topological polar surface area (TPSA) is 48.0 Å². The van der Waals surface area contributed by atoms with Gasteiger partial charge in [-0.05, 0) is 55.5 Å². The van der Waals surface area contributed by atoms with Crippen LogP contribution in [0.1, 0.15) is 6.92 Å². The lowest BCUT2D eigenvalue weighted by Crippen LogP contribution is -1.99. The Hall–Kier alpha value is -3.61. The van der Waals surface area contributed by atoms with Crippen molar-refractivity contribution >= 4 is 16.6 Å². The average Bonchev–Trinajstić information content (AvgIpc) is 3.32. The summed E-state index contributed by atoms with van der Waals surface area (Å²) in [5.74, 6) is -0.965. The van der Waals surface area contributed by atoms with E-state index < -0.39 is 11.6 Å². The molecule has 0 saturated heterocycles. The molecule has 0 N–H and O–H groups in total. The van der Waals surface area contributed by atoms with Crippen molar-refractivity contribution in [2.24, 2.45) is 0 Å². The second-order valence-electron chi connectivity index (χ2n) is 6.51. The van der Waals surface area contributed by atoms with Crippen LogP contribution in [-0.2, 0) is 6.54 Å². The number of benzene rings is 2. The first-order valence-corrected chi connectivity index (χ1v) is 8.91. The molecule has 0 bridgehead atoms. The summed E-state index contributed by atoms with van der Waals surface area (Å²) < 4.78 is 31.4. The van der Waals surface area contributed by atoms with Crippen molar-refractivity contribution in [3.8, 4) is 22.6 Å². The third-order valence-corrected chi connectivity index (χ3v) is 4.84. The number of halogens is 2. The van der Waals surface area contributed by atoms with Crippen molar-refractivity contribution < 1.29 is 8.78 Å². The Labute approximate surface area is 158 Å². The maximum absolute atomic E-state index is 14.2. The van der Waals surface area contributed by atoms with Crippen molar-refractivity contribution in [3.63, 3.8) is 0 Å². The van der Waals surface area contributed by atoms with Crippen molar-refractivity contribution in [1.29, 1.82) is 0 Å². The van der Waals surface area contributed by atoms with E-state index in [0.717, 1.165) is 41.2 Å². The Morgan fingerprint density at radius 1 is 0.929 bits per heavy atom. The van der Waals surface area contributed by atoms with Gasteiger partial charge in [-0.1, -0.05) is 6.07 Å². The molecular formula is C21H15F2N5. The van der Waals surface area contributed by atoms with E-state index in [-0.39, 0.29) is 11.4 Å². The van der Waals surface area contributed by atoms with Gasteiger partial charge in [0.2, 0.25) is 0 Å². The van der Waals surface area contributed by atoms with Gasteiger partial charge >= 0.3 is 0 Å². The fourth-order valence-corrected chi connectivity index (χ4v) is 3.41.